The average molecular weight is 299 g/mol. The van der Waals surface area contributed by atoms with E-state index < -0.39 is 0 Å². The Kier molecular flexibility index (Phi) is 4.22. The maximum atomic E-state index is 6.07. The molecular weight excluding hydrogens is 278 g/mol. The predicted molar refractivity (Wildman–Crippen MR) is 89.1 cm³/mol. The molecule has 0 fully saturated rings. The summed E-state index contributed by atoms with van der Waals surface area (Å²) >= 11 is 1.92. The Hall–Kier alpha value is -1.45. The molecule has 0 aliphatic carbocycles. The van der Waals surface area contributed by atoms with Gasteiger partial charge in [0, 0.05) is 21.8 Å². The van der Waals surface area contributed by atoms with Crippen LogP contribution in [0.1, 0.15) is 29.7 Å². The number of hydrogen-bond donors (Lipinski definition) is 1. The van der Waals surface area contributed by atoms with Gasteiger partial charge in [0.05, 0.1) is 0 Å². The molecule has 21 heavy (non-hydrogen) atoms. The summed E-state index contributed by atoms with van der Waals surface area (Å²) in [5.74, 6) is 0.923. The first-order valence-corrected chi connectivity index (χ1v) is 8.25. The van der Waals surface area contributed by atoms with Crippen molar-refractivity contribution in [1.29, 1.82) is 0 Å². The molecule has 2 aromatic carbocycles. The van der Waals surface area contributed by atoms with Crippen LogP contribution in [0.4, 0.5) is 0 Å². The zero-order valence-corrected chi connectivity index (χ0v) is 13.3. The van der Waals surface area contributed by atoms with Gasteiger partial charge < -0.3 is 10.5 Å². The Morgan fingerprint density at radius 2 is 2.10 bits per heavy atom. The lowest BCUT2D eigenvalue weighted by Crippen LogP contribution is -2.15. The van der Waals surface area contributed by atoms with Crippen LogP contribution in [-0.4, -0.2) is 11.9 Å². The Morgan fingerprint density at radius 1 is 1.29 bits per heavy atom. The lowest BCUT2D eigenvalue weighted by molar-refractivity contribution is 0.313. The first-order chi connectivity index (χ1) is 10.1. The predicted octanol–water partition coefficient (Wildman–Crippen LogP) is 4.11. The molecule has 0 aromatic heterocycles. The highest BCUT2D eigenvalue weighted by Gasteiger charge is 2.22. The van der Waals surface area contributed by atoms with E-state index in [4.69, 9.17) is 10.5 Å². The van der Waals surface area contributed by atoms with E-state index in [0.717, 1.165) is 24.3 Å². The zero-order valence-electron chi connectivity index (χ0n) is 12.5. The van der Waals surface area contributed by atoms with E-state index in [0.29, 0.717) is 5.25 Å². The summed E-state index contributed by atoms with van der Waals surface area (Å²) in [6, 6.07) is 14.9. The number of fused-ring (bicyclic) bond motifs is 1. The Balaban J connectivity index is 1.67. The summed E-state index contributed by atoms with van der Waals surface area (Å²) in [5.41, 5.74) is 9.80. The standard InChI is InChI=1S/C18H21NOS/c1-12-7-8-17(16(9-12)13(2)19)20-11-15-10-14-5-3-4-6-18(14)21-15/h3-9,13,15H,10-11,19H2,1-2H3/t13-,15?/m0/s1. The highest BCUT2D eigenvalue weighted by molar-refractivity contribution is 8.00. The molecule has 1 unspecified atom stereocenters. The van der Waals surface area contributed by atoms with Crippen LogP contribution < -0.4 is 10.5 Å². The second kappa shape index (κ2) is 6.12. The minimum Gasteiger partial charge on any atom is -0.492 e. The van der Waals surface area contributed by atoms with Crippen LogP contribution >= 0.6 is 11.8 Å². The molecule has 3 heteroatoms. The second-order valence-electron chi connectivity index (χ2n) is 5.69. The molecule has 0 bridgehead atoms. The van der Waals surface area contributed by atoms with Gasteiger partial charge in [-0.2, -0.15) is 0 Å². The van der Waals surface area contributed by atoms with Crippen molar-refractivity contribution in [2.45, 2.75) is 36.5 Å². The van der Waals surface area contributed by atoms with Gasteiger partial charge in [0.25, 0.3) is 0 Å². The van der Waals surface area contributed by atoms with Crippen molar-refractivity contribution in [2.75, 3.05) is 6.61 Å². The highest BCUT2D eigenvalue weighted by atomic mass is 32.2. The summed E-state index contributed by atoms with van der Waals surface area (Å²) in [5, 5.41) is 0.490. The zero-order chi connectivity index (χ0) is 14.8. The molecule has 1 aliphatic rings. The maximum Gasteiger partial charge on any atom is 0.124 e. The van der Waals surface area contributed by atoms with E-state index in [1.807, 2.05) is 24.8 Å². The molecule has 0 spiro atoms. The van der Waals surface area contributed by atoms with Crippen LogP contribution in [0.5, 0.6) is 5.75 Å². The van der Waals surface area contributed by atoms with Crippen molar-refractivity contribution in [3.05, 3.63) is 59.2 Å². The van der Waals surface area contributed by atoms with Gasteiger partial charge in [0.2, 0.25) is 0 Å². The fraction of sp³-hybridized carbons (Fsp3) is 0.333. The van der Waals surface area contributed by atoms with E-state index in [9.17, 15) is 0 Å². The van der Waals surface area contributed by atoms with Gasteiger partial charge in [-0.05, 0) is 38.0 Å². The van der Waals surface area contributed by atoms with Crippen molar-refractivity contribution in [2.24, 2.45) is 5.73 Å². The quantitative estimate of drug-likeness (QED) is 0.922. The SMILES string of the molecule is Cc1ccc(OCC2Cc3ccccc3S2)c([C@H](C)N)c1. The number of ether oxygens (including phenoxy) is 1. The molecule has 0 saturated carbocycles. The van der Waals surface area contributed by atoms with Crippen molar-refractivity contribution in [3.8, 4) is 5.75 Å². The molecule has 2 atom stereocenters. The van der Waals surface area contributed by atoms with E-state index in [-0.39, 0.29) is 6.04 Å². The Labute approximate surface area is 130 Å². The summed E-state index contributed by atoms with van der Waals surface area (Å²) in [4.78, 5) is 1.39. The first kappa shape index (κ1) is 14.5. The summed E-state index contributed by atoms with van der Waals surface area (Å²) in [7, 11) is 0. The second-order valence-corrected chi connectivity index (χ2v) is 7.03. The molecule has 1 heterocycles. The van der Waals surface area contributed by atoms with Crippen molar-refractivity contribution < 1.29 is 4.74 Å². The molecule has 0 radical (unpaired) electrons. The van der Waals surface area contributed by atoms with Crippen LogP contribution in [0.15, 0.2) is 47.4 Å². The number of thioether (sulfide) groups is 1. The van der Waals surface area contributed by atoms with Gasteiger partial charge in [0.1, 0.15) is 12.4 Å². The molecular formula is C18H21NOS. The molecule has 2 N–H and O–H groups in total. The van der Waals surface area contributed by atoms with E-state index in [2.05, 4.69) is 43.3 Å². The molecule has 110 valence electrons. The fourth-order valence-electron chi connectivity index (χ4n) is 2.68. The van der Waals surface area contributed by atoms with E-state index in [1.165, 1.54) is 16.0 Å². The molecule has 0 amide bonds. The number of nitrogens with two attached hydrogens (primary N) is 1. The fourth-order valence-corrected chi connectivity index (χ4v) is 3.90. The summed E-state index contributed by atoms with van der Waals surface area (Å²) in [6.07, 6.45) is 1.08. The van der Waals surface area contributed by atoms with Gasteiger partial charge in [-0.15, -0.1) is 11.8 Å². The van der Waals surface area contributed by atoms with E-state index in [1.54, 1.807) is 0 Å². The van der Waals surface area contributed by atoms with Crippen LogP contribution in [-0.2, 0) is 6.42 Å². The van der Waals surface area contributed by atoms with Crippen molar-refractivity contribution >= 4 is 11.8 Å². The van der Waals surface area contributed by atoms with E-state index >= 15 is 0 Å². The van der Waals surface area contributed by atoms with Crippen molar-refractivity contribution in [1.82, 2.24) is 0 Å². The minimum atomic E-state index is -0.00618. The number of aryl methyl sites for hydroxylation is 1. The van der Waals surface area contributed by atoms with Gasteiger partial charge >= 0.3 is 0 Å². The van der Waals surface area contributed by atoms with Gasteiger partial charge in [-0.3, -0.25) is 0 Å². The largest absolute Gasteiger partial charge is 0.492 e. The highest BCUT2D eigenvalue weighted by Crippen LogP contribution is 2.37. The Morgan fingerprint density at radius 3 is 2.86 bits per heavy atom. The smallest absolute Gasteiger partial charge is 0.124 e. The molecule has 2 nitrogen and oxygen atoms in total. The van der Waals surface area contributed by atoms with Crippen molar-refractivity contribution in [3.63, 3.8) is 0 Å². The summed E-state index contributed by atoms with van der Waals surface area (Å²) < 4.78 is 6.07. The van der Waals surface area contributed by atoms with Crippen LogP contribution in [0.3, 0.4) is 0 Å². The van der Waals surface area contributed by atoms with Crippen LogP contribution in [0.25, 0.3) is 0 Å². The molecule has 2 aromatic rings. The number of rotatable bonds is 4. The molecule has 0 saturated heterocycles. The number of hydrogen-bond acceptors (Lipinski definition) is 3. The third kappa shape index (κ3) is 3.25. The molecule has 1 aliphatic heterocycles. The van der Waals surface area contributed by atoms with Crippen LogP contribution in [0.2, 0.25) is 0 Å². The normalized spacial score (nSPS) is 18.3. The Bertz CT molecular complexity index is 614. The maximum absolute atomic E-state index is 6.07. The lowest BCUT2D eigenvalue weighted by atomic mass is 10.1. The first-order valence-electron chi connectivity index (χ1n) is 7.37. The van der Waals surface area contributed by atoms with Gasteiger partial charge in [0.15, 0.2) is 0 Å². The van der Waals surface area contributed by atoms with Gasteiger partial charge in [-0.1, -0.05) is 35.9 Å². The van der Waals surface area contributed by atoms with Crippen LogP contribution in [0, 0.1) is 6.92 Å². The number of benzene rings is 2. The average Bonchev–Trinajstić information content (AvgIpc) is 2.88. The van der Waals surface area contributed by atoms with Gasteiger partial charge in [-0.25, -0.2) is 0 Å². The minimum absolute atomic E-state index is 0.00618. The monoisotopic (exact) mass is 299 g/mol. The third-order valence-electron chi connectivity index (χ3n) is 3.79. The molecule has 3 rings (SSSR count). The topological polar surface area (TPSA) is 35.2 Å². The third-order valence-corrected chi connectivity index (χ3v) is 5.08. The summed E-state index contributed by atoms with van der Waals surface area (Å²) in [6.45, 7) is 4.81. The lowest BCUT2D eigenvalue weighted by Gasteiger charge is -2.17.